The van der Waals surface area contributed by atoms with Crippen molar-refractivity contribution in [2.45, 2.75) is 25.8 Å². The second-order valence-electron chi connectivity index (χ2n) is 3.89. The van der Waals surface area contributed by atoms with E-state index in [1.165, 1.54) is 11.1 Å². The first kappa shape index (κ1) is 10.3. The summed E-state index contributed by atoms with van der Waals surface area (Å²) in [5.41, 5.74) is 2.50. The normalized spacial score (nSPS) is 19.7. The van der Waals surface area contributed by atoms with E-state index in [1.54, 1.807) is 7.11 Å². The van der Waals surface area contributed by atoms with Gasteiger partial charge >= 0.3 is 0 Å². The number of rotatable bonds is 2. The average molecular weight is 207 g/mol. The molecule has 2 rings (SSSR count). The van der Waals surface area contributed by atoms with E-state index in [4.69, 9.17) is 4.74 Å². The Balaban J connectivity index is 2.46. The Hall–Kier alpha value is -1.22. The number of benzene rings is 1. The van der Waals surface area contributed by atoms with E-state index in [0.29, 0.717) is 11.8 Å². The smallest absolute Gasteiger partial charge is 0.160 e. The summed E-state index contributed by atoms with van der Waals surface area (Å²) in [6, 6.07) is 4.17. The third kappa shape index (κ3) is 1.79. The number of hydrogen-bond donors (Lipinski definition) is 2. The minimum absolute atomic E-state index is 0.244. The van der Waals surface area contributed by atoms with Gasteiger partial charge in [-0.2, -0.15) is 0 Å². The molecule has 0 bridgehead atoms. The molecule has 3 nitrogen and oxygen atoms in total. The third-order valence-electron chi connectivity index (χ3n) is 3.01. The first-order valence-electron chi connectivity index (χ1n) is 5.39. The van der Waals surface area contributed by atoms with Crippen molar-refractivity contribution < 1.29 is 9.84 Å². The molecule has 1 aromatic carbocycles. The van der Waals surface area contributed by atoms with Gasteiger partial charge in [-0.1, -0.05) is 6.92 Å². The minimum Gasteiger partial charge on any atom is -0.504 e. The lowest BCUT2D eigenvalue weighted by Crippen LogP contribution is -2.29. The summed E-state index contributed by atoms with van der Waals surface area (Å²) in [5, 5.41) is 13.1. The molecule has 1 atom stereocenters. The predicted molar refractivity (Wildman–Crippen MR) is 59.4 cm³/mol. The Morgan fingerprint density at radius 1 is 1.53 bits per heavy atom. The lowest BCUT2D eigenvalue weighted by Gasteiger charge is -2.26. The van der Waals surface area contributed by atoms with Crippen molar-refractivity contribution in [1.82, 2.24) is 5.32 Å². The van der Waals surface area contributed by atoms with Crippen LogP contribution in [0.1, 0.15) is 30.5 Å². The van der Waals surface area contributed by atoms with Crippen LogP contribution in [0.5, 0.6) is 11.5 Å². The topological polar surface area (TPSA) is 41.5 Å². The molecular formula is C12H17NO2. The molecule has 0 fully saturated rings. The zero-order chi connectivity index (χ0) is 10.8. The Kier molecular flexibility index (Phi) is 2.82. The van der Waals surface area contributed by atoms with E-state index in [0.717, 1.165) is 19.4 Å². The number of hydrogen-bond acceptors (Lipinski definition) is 3. The van der Waals surface area contributed by atoms with Gasteiger partial charge in [0.15, 0.2) is 11.5 Å². The van der Waals surface area contributed by atoms with Crippen molar-refractivity contribution >= 4 is 0 Å². The van der Waals surface area contributed by atoms with Crippen LogP contribution < -0.4 is 10.1 Å². The highest BCUT2D eigenvalue weighted by atomic mass is 16.5. The number of methoxy groups -OCH3 is 1. The highest BCUT2D eigenvalue weighted by Gasteiger charge is 2.20. The second-order valence-corrected chi connectivity index (χ2v) is 3.89. The van der Waals surface area contributed by atoms with Gasteiger partial charge in [-0.05, 0) is 42.6 Å². The molecule has 1 aliphatic heterocycles. The van der Waals surface area contributed by atoms with E-state index < -0.39 is 0 Å². The van der Waals surface area contributed by atoms with Crippen molar-refractivity contribution in [2.24, 2.45) is 0 Å². The van der Waals surface area contributed by atoms with E-state index >= 15 is 0 Å². The summed E-state index contributed by atoms with van der Waals surface area (Å²) in [6.45, 7) is 3.14. The highest BCUT2D eigenvalue weighted by Crippen LogP contribution is 2.35. The van der Waals surface area contributed by atoms with Crippen LogP contribution in [0.15, 0.2) is 12.1 Å². The fourth-order valence-electron chi connectivity index (χ4n) is 2.19. The molecule has 1 aliphatic rings. The SMILES string of the molecule is CC[C@H]1NCCc2cc(O)c(OC)cc21. The number of ether oxygens (including phenoxy) is 1. The molecule has 82 valence electrons. The number of nitrogens with one attached hydrogen (secondary N) is 1. The standard InChI is InChI=1S/C12H17NO2/c1-3-10-9-7-12(15-2)11(14)6-8(9)4-5-13-10/h6-7,10,13-14H,3-5H2,1-2H3/t10-/m1/s1. The van der Waals surface area contributed by atoms with Crippen LogP contribution in [0.2, 0.25) is 0 Å². The molecule has 0 amide bonds. The van der Waals surface area contributed by atoms with Gasteiger partial charge < -0.3 is 15.2 Å². The van der Waals surface area contributed by atoms with E-state index in [2.05, 4.69) is 12.2 Å². The lowest BCUT2D eigenvalue weighted by molar-refractivity contribution is 0.369. The molecule has 0 radical (unpaired) electrons. The molecule has 0 spiro atoms. The molecule has 0 saturated heterocycles. The van der Waals surface area contributed by atoms with Gasteiger partial charge in [0.2, 0.25) is 0 Å². The van der Waals surface area contributed by atoms with Gasteiger partial charge in [0, 0.05) is 6.04 Å². The molecule has 0 aliphatic carbocycles. The molecule has 2 N–H and O–H groups in total. The Morgan fingerprint density at radius 3 is 3.00 bits per heavy atom. The van der Waals surface area contributed by atoms with Gasteiger partial charge in [0.05, 0.1) is 7.11 Å². The molecule has 1 heterocycles. The van der Waals surface area contributed by atoms with Crippen molar-refractivity contribution in [2.75, 3.05) is 13.7 Å². The van der Waals surface area contributed by atoms with Crippen molar-refractivity contribution in [3.8, 4) is 11.5 Å². The van der Waals surface area contributed by atoms with Crippen LogP contribution in [0.25, 0.3) is 0 Å². The zero-order valence-corrected chi connectivity index (χ0v) is 9.21. The molecule has 3 heteroatoms. The fourth-order valence-corrected chi connectivity index (χ4v) is 2.19. The van der Waals surface area contributed by atoms with Crippen LogP contribution in [-0.2, 0) is 6.42 Å². The van der Waals surface area contributed by atoms with Gasteiger partial charge in [-0.15, -0.1) is 0 Å². The van der Waals surface area contributed by atoms with Crippen LogP contribution in [0, 0.1) is 0 Å². The van der Waals surface area contributed by atoms with Crippen molar-refractivity contribution in [3.05, 3.63) is 23.3 Å². The summed E-state index contributed by atoms with van der Waals surface area (Å²) in [7, 11) is 1.58. The third-order valence-corrected chi connectivity index (χ3v) is 3.01. The summed E-state index contributed by atoms with van der Waals surface area (Å²) < 4.78 is 5.13. The van der Waals surface area contributed by atoms with Crippen LogP contribution in [0.3, 0.4) is 0 Å². The molecule has 1 aromatic rings. The van der Waals surface area contributed by atoms with Gasteiger partial charge in [-0.3, -0.25) is 0 Å². The largest absolute Gasteiger partial charge is 0.504 e. The molecule has 15 heavy (non-hydrogen) atoms. The summed E-state index contributed by atoms with van der Waals surface area (Å²) in [6.07, 6.45) is 2.03. The lowest BCUT2D eigenvalue weighted by atomic mass is 9.92. The van der Waals surface area contributed by atoms with Crippen molar-refractivity contribution in [3.63, 3.8) is 0 Å². The quantitative estimate of drug-likeness (QED) is 0.779. The first-order chi connectivity index (χ1) is 7.26. The maximum atomic E-state index is 9.68. The number of phenols is 1. The number of aromatic hydroxyl groups is 1. The first-order valence-corrected chi connectivity index (χ1v) is 5.39. The van der Waals surface area contributed by atoms with E-state index in [1.807, 2.05) is 12.1 Å². The van der Waals surface area contributed by atoms with E-state index in [-0.39, 0.29) is 5.75 Å². The Labute approximate surface area is 90.1 Å². The van der Waals surface area contributed by atoms with E-state index in [9.17, 15) is 5.11 Å². The molecular weight excluding hydrogens is 190 g/mol. The van der Waals surface area contributed by atoms with Crippen LogP contribution in [-0.4, -0.2) is 18.8 Å². The summed E-state index contributed by atoms with van der Waals surface area (Å²) in [5.74, 6) is 0.809. The molecule has 0 saturated carbocycles. The maximum Gasteiger partial charge on any atom is 0.160 e. The molecule has 0 unspecified atom stereocenters. The number of fused-ring (bicyclic) bond motifs is 1. The predicted octanol–water partition coefficient (Wildman–Crippen LogP) is 2.00. The monoisotopic (exact) mass is 207 g/mol. The summed E-state index contributed by atoms with van der Waals surface area (Å²) >= 11 is 0. The van der Waals surface area contributed by atoms with Crippen LogP contribution in [0.4, 0.5) is 0 Å². The minimum atomic E-state index is 0.244. The summed E-state index contributed by atoms with van der Waals surface area (Å²) in [4.78, 5) is 0. The fraction of sp³-hybridized carbons (Fsp3) is 0.500. The van der Waals surface area contributed by atoms with Crippen LogP contribution >= 0.6 is 0 Å². The Bertz CT molecular complexity index is 363. The Morgan fingerprint density at radius 2 is 2.33 bits per heavy atom. The molecule has 0 aromatic heterocycles. The van der Waals surface area contributed by atoms with Crippen molar-refractivity contribution in [1.29, 1.82) is 0 Å². The highest BCUT2D eigenvalue weighted by molar-refractivity contribution is 5.48. The maximum absolute atomic E-state index is 9.68. The average Bonchev–Trinajstić information content (AvgIpc) is 2.27. The zero-order valence-electron chi connectivity index (χ0n) is 9.21. The van der Waals surface area contributed by atoms with Gasteiger partial charge in [0.1, 0.15) is 0 Å². The van der Waals surface area contributed by atoms with Gasteiger partial charge in [0.25, 0.3) is 0 Å². The second kappa shape index (κ2) is 4.11. The number of phenolic OH excluding ortho intramolecular Hbond substituents is 1. The van der Waals surface area contributed by atoms with Gasteiger partial charge in [-0.25, -0.2) is 0 Å².